The van der Waals surface area contributed by atoms with Crippen molar-refractivity contribution in [2.24, 2.45) is 0 Å². The van der Waals surface area contributed by atoms with Gasteiger partial charge >= 0.3 is 53.5 Å². The van der Waals surface area contributed by atoms with Crippen LogP contribution in [0.15, 0.2) is 118 Å². The summed E-state index contributed by atoms with van der Waals surface area (Å²) in [7, 11) is 11.2. The van der Waals surface area contributed by atoms with Gasteiger partial charge in [0.1, 0.15) is 0 Å². The fourth-order valence-corrected chi connectivity index (χ4v) is 7.51. The number of fused-ring (bicyclic) bond motifs is 2. The van der Waals surface area contributed by atoms with Crippen LogP contribution in [0.2, 0.25) is 13.1 Å². The molecule has 6 heteroatoms. The van der Waals surface area contributed by atoms with E-state index in [4.69, 9.17) is 25.9 Å². The van der Waals surface area contributed by atoms with E-state index in [0.717, 1.165) is 47.0 Å². The van der Waals surface area contributed by atoms with Crippen molar-refractivity contribution >= 4 is 44.0 Å². The third-order valence-corrected chi connectivity index (χ3v) is 30.6. The van der Waals surface area contributed by atoms with Gasteiger partial charge < -0.3 is 8.83 Å². The molecule has 0 spiro atoms. The normalized spacial score (nSPS) is 11.0. The van der Waals surface area contributed by atoms with Crippen LogP contribution in [0.3, 0.4) is 0 Å². The maximum atomic E-state index is 5.85. The number of aryl methyl sites for hydroxylation is 6. The summed E-state index contributed by atoms with van der Waals surface area (Å²) in [4.78, 5) is 0. The van der Waals surface area contributed by atoms with E-state index in [1.165, 1.54) is 77.2 Å². The van der Waals surface area contributed by atoms with Gasteiger partial charge in [0, 0.05) is 0 Å². The van der Waals surface area contributed by atoms with Gasteiger partial charge in [-0.3, -0.25) is 0 Å². The molecule has 0 amide bonds. The predicted octanol–water partition coefficient (Wildman–Crippen LogP) is 16.1. The van der Waals surface area contributed by atoms with Crippen molar-refractivity contribution < 1.29 is 26.8 Å². The fraction of sp³-hybridized carbons (Fsp3) is 0.240. The molecule has 56 heavy (non-hydrogen) atoms. The first-order valence-electron chi connectivity index (χ1n) is 19.5. The zero-order valence-corrected chi connectivity index (χ0v) is 39.3. The molecule has 2 aromatic heterocycles. The standard InChI is InChI=1S/2C24H23O.C2H6Si.2ClH.Zr/c2*1-5-18-8-6-7-9-21(18)24-17(4)15(2)12-19-13-20(14-22(19)24)23-11-10-16(3)25-23;1-3-2;;;/h2*6-14H,5H2,1-4H3;1-2H3;2*1H;/q2*-1;;;;+2/p-2. The number of benzene rings is 4. The summed E-state index contributed by atoms with van der Waals surface area (Å²) < 4.78 is 11.7. The summed E-state index contributed by atoms with van der Waals surface area (Å²) >= 11 is -1.65. The quantitative estimate of drug-likeness (QED) is 0.123. The Bertz CT molecular complexity index is 2490. The molecule has 0 aliphatic rings. The molecule has 0 bridgehead atoms. The molecule has 0 saturated carbocycles. The van der Waals surface area contributed by atoms with Crippen molar-refractivity contribution in [1.82, 2.24) is 0 Å². The molecule has 2 heterocycles. The van der Waals surface area contributed by atoms with Crippen LogP contribution in [0.5, 0.6) is 0 Å². The molecular formula is C50H52Cl2O2SiZr-2. The van der Waals surface area contributed by atoms with E-state index in [9.17, 15) is 0 Å². The zero-order chi connectivity index (χ0) is 40.3. The third kappa shape index (κ3) is 9.05. The SMILES string of the molecule is CCc1ccccc1-c1c(C)c(C)cc2[cH-]c(-c3ccc(C)o3)cc12.CCc1ccccc1-c1c(C)c(C)cc2[cH-]c(-c3ccc(C)o3)cc12.C[Si](C)=[Zr]([Cl])[Cl]. The molecule has 0 N–H and O–H groups in total. The Hall–Kier alpha value is -3.66. The topological polar surface area (TPSA) is 26.3 Å². The number of hydrogen-bond donors (Lipinski definition) is 0. The summed E-state index contributed by atoms with van der Waals surface area (Å²) in [6, 6.07) is 39.3. The van der Waals surface area contributed by atoms with Gasteiger partial charge in [-0.05, 0) is 112 Å². The second-order valence-corrected chi connectivity index (χ2v) is 38.0. The minimum absolute atomic E-state index is 0.224. The number of rotatable bonds is 6. The van der Waals surface area contributed by atoms with Crippen molar-refractivity contribution in [3.05, 3.63) is 154 Å². The monoisotopic (exact) mass is 872 g/mol. The summed E-state index contributed by atoms with van der Waals surface area (Å²) in [5, 5.41) is 5.20. The van der Waals surface area contributed by atoms with E-state index in [1.807, 2.05) is 26.0 Å². The van der Waals surface area contributed by atoms with Gasteiger partial charge in [-0.2, -0.15) is 0 Å². The Labute approximate surface area is 348 Å². The van der Waals surface area contributed by atoms with Crippen LogP contribution in [0, 0.1) is 41.5 Å². The second kappa shape index (κ2) is 18.3. The number of furan rings is 2. The van der Waals surface area contributed by atoms with Crippen molar-refractivity contribution in [3.8, 4) is 44.9 Å². The van der Waals surface area contributed by atoms with Gasteiger partial charge in [-0.1, -0.05) is 95.8 Å². The van der Waals surface area contributed by atoms with Gasteiger partial charge in [0.05, 0.1) is 23.0 Å². The van der Waals surface area contributed by atoms with E-state index < -0.39 is 18.0 Å². The first-order chi connectivity index (χ1) is 26.8. The van der Waals surface area contributed by atoms with E-state index in [2.05, 4.69) is 152 Å². The molecule has 0 atom stereocenters. The Morgan fingerprint density at radius 2 is 0.929 bits per heavy atom. The second-order valence-electron chi connectivity index (χ2n) is 15.0. The molecule has 0 aliphatic heterocycles. The molecule has 0 aliphatic carbocycles. The molecule has 2 nitrogen and oxygen atoms in total. The molecule has 8 rings (SSSR count). The van der Waals surface area contributed by atoms with Crippen LogP contribution in [-0.4, -0.2) is 5.43 Å². The Morgan fingerprint density at radius 1 is 0.554 bits per heavy atom. The van der Waals surface area contributed by atoms with Gasteiger partial charge in [-0.25, -0.2) is 0 Å². The van der Waals surface area contributed by atoms with E-state index >= 15 is 0 Å². The van der Waals surface area contributed by atoms with Gasteiger partial charge in [0.15, 0.2) is 0 Å². The third-order valence-electron chi connectivity index (χ3n) is 10.8. The average molecular weight is 875 g/mol. The molecular weight excluding hydrogens is 823 g/mol. The molecule has 0 saturated heterocycles. The summed E-state index contributed by atoms with van der Waals surface area (Å²) in [6.45, 7) is 21.6. The van der Waals surface area contributed by atoms with Crippen LogP contribution in [0.1, 0.15) is 58.7 Å². The van der Waals surface area contributed by atoms with Crippen LogP contribution in [0.25, 0.3) is 66.4 Å². The summed E-state index contributed by atoms with van der Waals surface area (Å²) in [6.07, 6.45) is 2.08. The van der Waals surface area contributed by atoms with Gasteiger partial charge in [-0.15, -0.1) is 57.9 Å². The van der Waals surface area contributed by atoms with Crippen LogP contribution in [-0.2, 0) is 30.8 Å². The fourth-order valence-electron chi connectivity index (χ4n) is 7.51. The van der Waals surface area contributed by atoms with E-state index in [0.29, 0.717) is 0 Å². The Morgan fingerprint density at radius 3 is 1.25 bits per heavy atom. The predicted molar refractivity (Wildman–Crippen MR) is 242 cm³/mol. The first kappa shape index (κ1) is 42.0. The number of halogens is 2. The number of hydrogen-bond acceptors (Lipinski definition) is 2. The van der Waals surface area contributed by atoms with Crippen molar-refractivity contribution in [3.63, 3.8) is 0 Å². The zero-order valence-electron chi connectivity index (χ0n) is 34.4. The van der Waals surface area contributed by atoms with E-state index in [1.54, 1.807) is 0 Å². The van der Waals surface area contributed by atoms with Crippen molar-refractivity contribution in [2.75, 3.05) is 0 Å². The minimum atomic E-state index is -1.65. The molecule has 288 valence electrons. The Kier molecular flexibility index (Phi) is 13.7. The average Bonchev–Trinajstić information content (AvgIpc) is 4.00. The van der Waals surface area contributed by atoms with Gasteiger partial charge in [0.2, 0.25) is 0 Å². The molecule has 0 radical (unpaired) electrons. The first-order valence-corrected chi connectivity index (χ1v) is 32.0. The van der Waals surface area contributed by atoms with Crippen molar-refractivity contribution in [2.45, 2.75) is 81.3 Å². The summed E-state index contributed by atoms with van der Waals surface area (Å²) in [5.41, 5.74) is 15.7. The van der Waals surface area contributed by atoms with Crippen LogP contribution in [0.4, 0.5) is 0 Å². The molecule has 0 unspecified atom stereocenters. The van der Waals surface area contributed by atoms with Gasteiger partial charge in [0.25, 0.3) is 0 Å². The van der Waals surface area contributed by atoms with E-state index in [-0.39, 0.29) is 5.43 Å². The maximum absolute atomic E-state index is 5.85. The molecule has 0 fully saturated rings. The Balaban J connectivity index is 0.000000166. The van der Waals surface area contributed by atoms with Crippen LogP contribution < -0.4 is 0 Å². The molecule has 6 aromatic carbocycles. The van der Waals surface area contributed by atoms with Crippen molar-refractivity contribution in [1.29, 1.82) is 0 Å². The summed E-state index contributed by atoms with van der Waals surface area (Å²) in [5.74, 6) is 3.78. The van der Waals surface area contributed by atoms with Crippen LogP contribution >= 0.6 is 17.0 Å². The molecule has 8 aromatic rings.